The highest BCUT2D eigenvalue weighted by atomic mass is 16.5. The van der Waals surface area contributed by atoms with Crippen LogP contribution in [-0.2, 0) is 16.6 Å². The van der Waals surface area contributed by atoms with Crippen molar-refractivity contribution in [3.05, 3.63) is 23.3 Å². The SMILES string of the molecule is COc1cc(C(C)(C)C)cc(CCC(=O)O)c1O. The molecular formula is C14H20O4. The Hall–Kier alpha value is -1.71. The molecule has 0 spiro atoms. The van der Waals surface area contributed by atoms with E-state index in [2.05, 4.69) is 20.8 Å². The van der Waals surface area contributed by atoms with Crippen LogP contribution in [0.15, 0.2) is 12.1 Å². The monoisotopic (exact) mass is 252 g/mol. The summed E-state index contributed by atoms with van der Waals surface area (Å²) in [7, 11) is 1.49. The van der Waals surface area contributed by atoms with Crippen molar-refractivity contribution in [3.63, 3.8) is 0 Å². The lowest BCUT2D eigenvalue weighted by Gasteiger charge is -2.21. The lowest BCUT2D eigenvalue weighted by atomic mass is 9.85. The number of rotatable bonds is 4. The lowest BCUT2D eigenvalue weighted by Crippen LogP contribution is -2.12. The zero-order chi connectivity index (χ0) is 13.9. The topological polar surface area (TPSA) is 66.8 Å². The highest BCUT2D eigenvalue weighted by Gasteiger charge is 2.19. The number of aromatic hydroxyl groups is 1. The Bertz CT molecular complexity index is 444. The van der Waals surface area contributed by atoms with Crippen molar-refractivity contribution in [2.45, 2.75) is 39.0 Å². The normalized spacial score (nSPS) is 11.3. The summed E-state index contributed by atoms with van der Waals surface area (Å²) in [5, 5.41) is 18.7. The smallest absolute Gasteiger partial charge is 0.303 e. The number of aryl methyl sites for hydroxylation is 1. The lowest BCUT2D eigenvalue weighted by molar-refractivity contribution is -0.136. The van der Waals surface area contributed by atoms with Gasteiger partial charge in [0, 0.05) is 6.42 Å². The van der Waals surface area contributed by atoms with Gasteiger partial charge in [-0.15, -0.1) is 0 Å². The van der Waals surface area contributed by atoms with Gasteiger partial charge in [0.05, 0.1) is 7.11 Å². The van der Waals surface area contributed by atoms with E-state index >= 15 is 0 Å². The van der Waals surface area contributed by atoms with Gasteiger partial charge in [0.15, 0.2) is 11.5 Å². The van der Waals surface area contributed by atoms with Gasteiger partial charge in [0.2, 0.25) is 0 Å². The number of methoxy groups -OCH3 is 1. The Labute approximate surface area is 107 Å². The quantitative estimate of drug-likeness (QED) is 0.864. The van der Waals surface area contributed by atoms with Gasteiger partial charge in [0.1, 0.15) is 0 Å². The van der Waals surface area contributed by atoms with E-state index in [1.54, 1.807) is 6.07 Å². The molecule has 100 valence electrons. The third-order valence-electron chi connectivity index (χ3n) is 2.85. The van der Waals surface area contributed by atoms with Crippen LogP contribution in [0.4, 0.5) is 0 Å². The van der Waals surface area contributed by atoms with E-state index in [0.29, 0.717) is 17.7 Å². The minimum atomic E-state index is -0.880. The number of phenols is 1. The third kappa shape index (κ3) is 3.39. The van der Waals surface area contributed by atoms with Gasteiger partial charge in [-0.1, -0.05) is 26.8 Å². The highest BCUT2D eigenvalue weighted by molar-refractivity contribution is 5.67. The number of carboxylic acids is 1. The Kier molecular flexibility index (Phi) is 4.22. The summed E-state index contributed by atoms with van der Waals surface area (Å²) in [5.41, 5.74) is 1.54. The largest absolute Gasteiger partial charge is 0.504 e. The molecule has 0 saturated carbocycles. The van der Waals surface area contributed by atoms with Crippen molar-refractivity contribution in [1.29, 1.82) is 0 Å². The van der Waals surface area contributed by atoms with Crippen LogP contribution in [0.3, 0.4) is 0 Å². The number of carbonyl (C=O) groups is 1. The van der Waals surface area contributed by atoms with Gasteiger partial charge in [0.25, 0.3) is 0 Å². The summed E-state index contributed by atoms with van der Waals surface area (Å²) in [6.07, 6.45) is 0.283. The first-order valence-corrected chi connectivity index (χ1v) is 5.88. The predicted molar refractivity (Wildman–Crippen MR) is 69.3 cm³/mol. The Morgan fingerprint density at radius 2 is 1.94 bits per heavy atom. The second-order valence-electron chi connectivity index (χ2n) is 5.33. The van der Waals surface area contributed by atoms with E-state index in [0.717, 1.165) is 5.56 Å². The Balaban J connectivity index is 3.19. The molecule has 18 heavy (non-hydrogen) atoms. The van der Waals surface area contributed by atoms with E-state index in [9.17, 15) is 9.90 Å². The number of carboxylic acid groups (broad SMARTS) is 1. The second-order valence-corrected chi connectivity index (χ2v) is 5.33. The number of aliphatic carboxylic acids is 1. The summed E-state index contributed by atoms with van der Waals surface area (Å²) >= 11 is 0. The predicted octanol–water partition coefficient (Wildman–Crippen LogP) is 2.72. The van der Waals surface area contributed by atoms with Crippen LogP contribution in [0.25, 0.3) is 0 Å². The van der Waals surface area contributed by atoms with Crippen molar-refractivity contribution in [2.75, 3.05) is 7.11 Å². The molecule has 0 atom stereocenters. The molecule has 0 aliphatic rings. The molecule has 0 unspecified atom stereocenters. The fourth-order valence-electron chi connectivity index (χ4n) is 1.69. The minimum Gasteiger partial charge on any atom is -0.504 e. The summed E-state index contributed by atoms with van der Waals surface area (Å²) in [4.78, 5) is 10.6. The van der Waals surface area contributed by atoms with Gasteiger partial charge in [-0.05, 0) is 29.0 Å². The second kappa shape index (κ2) is 5.29. The maximum absolute atomic E-state index is 10.6. The van der Waals surface area contributed by atoms with E-state index < -0.39 is 5.97 Å². The molecule has 0 radical (unpaired) electrons. The molecule has 0 aromatic heterocycles. The molecule has 1 aromatic rings. The molecule has 0 saturated heterocycles. The molecule has 0 aliphatic carbocycles. The average Bonchev–Trinajstić information content (AvgIpc) is 2.26. The van der Waals surface area contributed by atoms with E-state index in [1.165, 1.54) is 7.11 Å². The highest BCUT2D eigenvalue weighted by Crippen LogP contribution is 2.36. The van der Waals surface area contributed by atoms with Gasteiger partial charge in [-0.3, -0.25) is 4.79 Å². The Morgan fingerprint density at radius 1 is 1.33 bits per heavy atom. The van der Waals surface area contributed by atoms with Crippen LogP contribution < -0.4 is 4.74 Å². The molecule has 0 aliphatic heterocycles. The minimum absolute atomic E-state index is 0.00961. The molecule has 0 heterocycles. The van der Waals surface area contributed by atoms with Crippen molar-refractivity contribution in [3.8, 4) is 11.5 Å². The maximum atomic E-state index is 10.6. The van der Waals surface area contributed by atoms with Crippen LogP contribution >= 0.6 is 0 Å². The number of hydrogen-bond donors (Lipinski definition) is 2. The number of hydrogen-bond acceptors (Lipinski definition) is 3. The molecule has 0 fully saturated rings. The molecule has 0 amide bonds. The molecule has 1 aromatic carbocycles. The number of phenolic OH excluding ortho intramolecular Hbond substituents is 1. The van der Waals surface area contributed by atoms with E-state index in [4.69, 9.17) is 9.84 Å². The van der Waals surface area contributed by atoms with Crippen molar-refractivity contribution in [1.82, 2.24) is 0 Å². The van der Waals surface area contributed by atoms with E-state index in [-0.39, 0.29) is 17.6 Å². The van der Waals surface area contributed by atoms with Crippen LogP contribution in [0.2, 0.25) is 0 Å². The molecule has 4 nitrogen and oxygen atoms in total. The number of benzene rings is 1. The van der Waals surface area contributed by atoms with Gasteiger partial charge in [-0.25, -0.2) is 0 Å². The first-order valence-electron chi connectivity index (χ1n) is 5.88. The average molecular weight is 252 g/mol. The molecule has 4 heteroatoms. The summed E-state index contributed by atoms with van der Waals surface area (Å²) in [6.45, 7) is 6.17. The van der Waals surface area contributed by atoms with Gasteiger partial charge < -0.3 is 14.9 Å². The summed E-state index contributed by atoms with van der Waals surface area (Å²) in [5.74, 6) is -0.455. The molecule has 1 rings (SSSR count). The van der Waals surface area contributed by atoms with Crippen molar-refractivity contribution in [2.24, 2.45) is 0 Å². The van der Waals surface area contributed by atoms with Crippen molar-refractivity contribution >= 4 is 5.97 Å². The zero-order valence-corrected chi connectivity index (χ0v) is 11.3. The fraction of sp³-hybridized carbons (Fsp3) is 0.500. The van der Waals surface area contributed by atoms with Gasteiger partial charge in [-0.2, -0.15) is 0 Å². The first-order chi connectivity index (χ1) is 8.25. The zero-order valence-electron chi connectivity index (χ0n) is 11.3. The Morgan fingerprint density at radius 3 is 2.39 bits per heavy atom. The summed E-state index contributed by atoms with van der Waals surface area (Å²) in [6, 6.07) is 3.64. The third-order valence-corrected chi connectivity index (χ3v) is 2.85. The molecular weight excluding hydrogens is 232 g/mol. The first kappa shape index (κ1) is 14.4. The summed E-state index contributed by atoms with van der Waals surface area (Å²) < 4.78 is 5.13. The standard InChI is InChI=1S/C14H20O4/c1-14(2,3)10-7-9(5-6-12(15)16)13(17)11(8-10)18-4/h7-8,17H,5-6H2,1-4H3,(H,15,16). The van der Waals surface area contributed by atoms with Crippen LogP contribution in [0, 0.1) is 0 Å². The van der Waals surface area contributed by atoms with Crippen LogP contribution in [0.5, 0.6) is 11.5 Å². The van der Waals surface area contributed by atoms with Crippen LogP contribution in [-0.4, -0.2) is 23.3 Å². The van der Waals surface area contributed by atoms with E-state index in [1.807, 2.05) is 6.07 Å². The molecule has 0 bridgehead atoms. The molecule has 2 N–H and O–H groups in total. The maximum Gasteiger partial charge on any atom is 0.303 e. The van der Waals surface area contributed by atoms with Gasteiger partial charge >= 0.3 is 5.97 Å². The fourth-order valence-corrected chi connectivity index (χ4v) is 1.69. The van der Waals surface area contributed by atoms with Crippen LogP contribution in [0.1, 0.15) is 38.3 Å². The van der Waals surface area contributed by atoms with Crippen molar-refractivity contribution < 1.29 is 19.7 Å². The number of ether oxygens (including phenoxy) is 1.